The fourth-order valence-electron chi connectivity index (χ4n) is 8.54. The van der Waals surface area contributed by atoms with Gasteiger partial charge in [0.15, 0.2) is 5.69 Å². The lowest BCUT2D eigenvalue weighted by Gasteiger charge is -2.34. The number of carbonyl (C=O) groups excluding carboxylic acids is 1. The number of ether oxygens (including phenoxy) is 1. The van der Waals surface area contributed by atoms with E-state index in [-0.39, 0.29) is 30.7 Å². The van der Waals surface area contributed by atoms with Gasteiger partial charge < -0.3 is 23.9 Å². The first kappa shape index (κ1) is 36.9. The molecule has 1 aliphatic rings. The maximum atomic E-state index is 15.4. The van der Waals surface area contributed by atoms with Crippen molar-refractivity contribution in [2.45, 2.75) is 67.0 Å². The van der Waals surface area contributed by atoms with Gasteiger partial charge in [0.25, 0.3) is 5.91 Å². The molecule has 1 atom stereocenters. The average molecular weight is 767 g/mol. The van der Waals surface area contributed by atoms with Crippen LogP contribution in [0.2, 0.25) is 5.02 Å². The largest absolute Gasteiger partial charge is 0.494 e. The minimum atomic E-state index is -1.11. The molecule has 0 unspecified atom stereocenters. The molecule has 0 spiro atoms. The van der Waals surface area contributed by atoms with Gasteiger partial charge in [-0.15, -0.1) is 0 Å². The number of hydrogen-bond donors (Lipinski definition) is 1. The monoisotopic (exact) mass is 766 g/mol. The normalized spacial score (nSPS) is 14.2. The summed E-state index contributed by atoms with van der Waals surface area (Å²) in [5.41, 5.74) is 10.9. The summed E-state index contributed by atoms with van der Waals surface area (Å²) in [4.78, 5) is 44.1. The molecule has 1 amide bonds. The number of nitrogens with zero attached hydrogens (tertiary/aromatic N) is 6. The molecule has 11 heteroatoms. The van der Waals surface area contributed by atoms with E-state index in [0.717, 1.165) is 72.0 Å². The van der Waals surface area contributed by atoms with Gasteiger partial charge in [0.2, 0.25) is 0 Å². The second kappa shape index (κ2) is 14.6. The van der Waals surface area contributed by atoms with Gasteiger partial charge in [-0.25, -0.2) is 14.8 Å². The van der Waals surface area contributed by atoms with E-state index in [0.29, 0.717) is 41.9 Å². The van der Waals surface area contributed by atoms with Crippen LogP contribution in [-0.2, 0) is 13.0 Å². The molecule has 7 aromatic rings. The first-order chi connectivity index (χ1) is 27.0. The van der Waals surface area contributed by atoms with Crippen LogP contribution in [0.25, 0.3) is 32.9 Å². The summed E-state index contributed by atoms with van der Waals surface area (Å²) in [6.07, 6.45) is 4.46. The number of aromatic carboxylic acids is 1. The van der Waals surface area contributed by atoms with Crippen LogP contribution in [0.5, 0.6) is 5.75 Å². The number of carboxylic acid groups (broad SMARTS) is 1. The number of aromatic nitrogens is 5. The van der Waals surface area contributed by atoms with Gasteiger partial charge in [-0.1, -0.05) is 48.0 Å². The summed E-state index contributed by atoms with van der Waals surface area (Å²) in [6, 6.07) is 21.0. The second-order valence-electron chi connectivity index (χ2n) is 14.8. The molecular weight excluding hydrogens is 724 g/mol. The smallest absolute Gasteiger partial charge is 0.354 e. The molecule has 0 fully saturated rings. The zero-order chi connectivity index (χ0) is 39.4. The number of benzene rings is 3. The number of carboxylic acids is 1. The Bertz CT molecular complexity index is 2660. The Morgan fingerprint density at radius 1 is 0.893 bits per heavy atom. The molecule has 56 heavy (non-hydrogen) atoms. The van der Waals surface area contributed by atoms with Crippen LogP contribution in [0.1, 0.15) is 79.7 Å². The topological polar surface area (TPSA) is 115 Å². The Balaban J connectivity index is 1.30. The quantitative estimate of drug-likeness (QED) is 0.138. The molecule has 3 aromatic carbocycles. The highest BCUT2D eigenvalue weighted by Crippen LogP contribution is 2.45. The molecule has 1 N–H and O–H groups in total. The molecule has 284 valence electrons. The first-order valence-electron chi connectivity index (χ1n) is 18.9. The summed E-state index contributed by atoms with van der Waals surface area (Å²) in [7, 11) is 0. The molecule has 5 heterocycles. The van der Waals surface area contributed by atoms with Crippen molar-refractivity contribution in [3.63, 3.8) is 0 Å². The number of pyridine rings is 1. The Morgan fingerprint density at radius 3 is 2.30 bits per heavy atom. The van der Waals surface area contributed by atoms with E-state index in [1.165, 1.54) is 0 Å². The number of carbonyl (C=O) groups is 2. The van der Waals surface area contributed by atoms with E-state index >= 15 is 4.79 Å². The van der Waals surface area contributed by atoms with Gasteiger partial charge in [0.1, 0.15) is 17.8 Å². The number of para-hydroxylation sites is 1. The van der Waals surface area contributed by atoms with Crippen molar-refractivity contribution < 1.29 is 19.4 Å². The molecule has 8 rings (SSSR count). The maximum Gasteiger partial charge on any atom is 0.354 e. The molecule has 0 aliphatic carbocycles. The van der Waals surface area contributed by atoms with Gasteiger partial charge >= 0.3 is 5.97 Å². The predicted octanol–water partition coefficient (Wildman–Crippen LogP) is 9.62. The Labute approximate surface area is 330 Å². The third kappa shape index (κ3) is 6.18. The first-order valence-corrected chi connectivity index (χ1v) is 19.2. The fourth-order valence-corrected chi connectivity index (χ4v) is 8.65. The zero-order valence-electron chi connectivity index (χ0n) is 32.4. The number of fused-ring (bicyclic) bond motifs is 4. The Morgan fingerprint density at radius 2 is 1.61 bits per heavy atom. The lowest BCUT2D eigenvalue weighted by atomic mass is 9.94. The zero-order valence-corrected chi connectivity index (χ0v) is 33.1. The lowest BCUT2D eigenvalue weighted by Crippen LogP contribution is -2.43. The summed E-state index contributed by atoms with van der Waals surface area (Å²) in [5.74, 6) is -0.610. The number of aryl methyl sites for hydroxylation is 6. The molecule has 0 bridgehead atoms. The third-order valence-electron chi connectivity index (χ3n) is 11.0. The van der Waals surface area contributed by atoms with Crippen LogP contribution in [0.3, 0.4) is 0 Å². The highest BCUT2D eigenvalue weighted by molar-refractivity contribution is 6.32. The van der Waals surface area contributed by atoms with Crippen LogP contribution in [0.15, 0.2) is 79.3 Å². The van der Waals surface area contributed by atoms with Crippen LogP contribution < -0.4 is 9.64 Å². The van der Waals surface area contributed by atoms with Crippen LogP contribution >= 0.6 is 11.6 Å². The van der Waals surface area contributed by atoms with Gasteiger partial charge in [-0.2, -0.15) is 0 Å². The van der Waals surface area contributed by atoms with Crippen molar-refractivity contribution in [3.8, 4) is 16.9 Å². The molecule has 0 saturated carbocycles. The van der Waals surface area contributed by atoms with E-state index in [9.17, 15) is 9.90 Å². The number of amides is 1. The number of halogens is 1. The van der Waals surface area contributed by atoms with Gasteiger partial charge in [-0.3, -0.25) is 9.78 Å². The Kier molecular flexibility index (Phi) is 9.62. The van der Waals surface area contributed by atoms with Gasteiger partial charge in [0, 0.05) is 57.1 Å². The van der Waals surface area contributed by atoms with E-state index in [4.69, 9.17) is 16.3 Å². The number of anilines is 1. The Hall–Kier alpha value is -6.00. The van der Waals surface area contributed by atoms with Crippen molar-refractivity contribution in [1.29, 1.82) is 0 Å². The second-order valence-corrected chi connectivity index (χ2v) is 15.2. The van der Waals surface area contributed by atoms with E-state index in [1.54, 1.807) is 22.0 Å². The third-order valence-corrected chi connectivity index (χ3v) is 11.6. The molecule has 0 radical (unpaired) electrons. The highest BCUT2D eigenvalue weighted by atomic mass is 35.5. The number of hydrogen-bond acceptors (Lipinski definition) is 6. The van der Waals surface area contributed by atoms with Crippen LogP contribution in [-0.4, -0.2) is 54.2 Å². The highest BCUT2D eigenvalue weighted by Gasteiger charge is 2.39. The van der Waals surface area contributed by atoms with E-state index in [2.05, 4.69) is 45.5 Å². The minimum Gasteiger partial charge on any atom is -0.494 e. The maximum absolute atomic E-state index is 15.4. The molecule has 1 aliphatic heterocycles. The molecule has 10 nitrogen and oxygen atoms in total. The summed E-state index contributed by atoms with van der Waals surface area (Å²) < 4.78 is 10.2. The minimum absolute atomic E-state index is 0.0506. The predicted molar refractivity (Wildman–Crippen MR) is 221 cm³/mol. The van der Waals surface area contributed by atoms with Gasteiger partial charge in [-0.05, 0) is 107 Å². The SMILES string of the molecule is Cc1cc(OCCCc2c3n(c4c(-c5c(C)ncnc5C)c(C)ccc24)[C@H](C)CN(c2c(C(=O)O)n(Cc4ccccn4)c4ccccc24)C3=O)cc(C)c1Cl. The van der Waals surface area contributed by atoms with Crippen molar-refractivity contribution >= 4 is 51.0 Å². The summed E-state index contributed by atoms with van der Waals surface area (Å²) in [5, 5.41) is 13.3. The van der Waals surface area contributed by atoms with Crippen molar-refractivity contribution in [3.05, 3.63) is 135 Å². The standard InChI is InChI=1S/C45H43ClN6O4/c1-25-16-17-34-33(14-11-19-56-32-20-26(2)39(46)27(3)21-32)42-44(53)51(22-28(4)52(42)40(34)37(25)38-29(5)48-24-49-30(38)6)41-35-13-7-8-15-36(35)50(43(41)45(54)55)23-31-12-9-10-18-47-31/h7-10,12-13,15-18,20-21,24,28H,11,14,19,22-23H2,1-6H3,(H,54,55)/t28-/m1/s1. The fraction of sp³-hybridized carbons (Fsp3) is 0.267. The van der Waals surface area contributed by atoms with Crippen molar-refractivity contribution in [1.82, 2.24) is 24.1 Å². The van der Waals surface area contributed by atoms with Crippen LogP contribution in [0, 0.1) is 34.6 Å². The lowest BCUT2D eigenvalue weighted by molar-refractivity contribution is 0.0687. The molecule has 4 aromatic heterocycles. The summed E-state index contributed by atoms with van der Waals surface area (Å²) >= 11 is 6.43. The molecular formula is C45H43ClN6O4. The van der Waals surface area contributed by atoms with Gasteiger partial charge in [0.05, 0.1) is 35.6 Å². The number of rotatable bonds is 10. The average Bonchev–Trinajstić information content (AvgIpc) is 3.68. The summed E-state index contributed by atoms with van der Waals surface area (Å²) in [6.45, 7) is 13.0. The van der Waals surface area contributed by atoms with Crippen LogP contribution in [0.4, 0.5) is 5.69 Å². The van der Waals surface area contributed by atoms with Crippen molar-refractivity contribution in [2.75, 3.05) is 18.1 Å². The van der Waals surface area contributed by atoms with E-state index in [1.807, 2.05) is 82.3 Å². The van der Waals surface area contributed by atoms with E-state index < -0.39 is 5.97 Å². The molecule has 0 saturated heterocycles. The van der Waals surface area contributed by atoms with Crippen molar-refractivity contribution in [2.24, 2.45) is 0 Å².